The minimum absolute atomic E-state index is 0.0357. The summed E-state index contributed by atoms with van der Waals surface area (Å²) in [5.41, 5.74) is 2.67. The van der Waals surface area contributed by atoms with Gasteiger partial charge in [0.2, 0.25) is 5.91 Å². The second-order valence-electron chi connectivity index (χ2n) is 7.19. The van der Waals surface area contributed by atoms with Gasteiger partial charge in [-0.05, 0) is 44.9 Å². The van der Waals surface area contributed by atoms with Crippen molar-refractivity contribution in [2.45, 2.75) is 45.8 Å². The fourth-order valence-electron chi connectivity index (χ4n) is 3.51. The van der Waals surface area contributed by atoms with Crippen LogP contribution in [0.4, 0.5) is 0 Å². The number of hydrogen-bond acceptors (Lipinski definition) is 6. The number of amides is 1. The third-order valence-electron chi connectivity index (χ3n) is 4.85. The van der Waals surface area contributed by atoms with E-state index in [9.17, 15) is 4.79 Å². The highest BCUT2D eigenvalue weighted by Crippen LogP contribution is 2.16. The molecule has 1 unspecified atom stereocenters. The monoisotopic (exact) mass is 380 g/mol. The molecule has 8 nitrogen and oxygen atoms in total. The smallest absolute Gasteiger partial charge is 0.252 e. The SMILES string of the molecule is Cc1cc(C)n2nc(CC(=O)N(Cc3ccccn3)CC3CCCO3)nc2n1. The first-order chi connectivity index (χ1) is 13.6. The van der Waals surface area contributed by atoms with Crippen molar-refractivity contribution in [3.63, 3.8) is 0 Å². The number of nitrogens with zero attached hydrogens (tertiary/aromatic N) is 6. The van der Waals surface area contributed by atoms with Gasteiger partial charge in [0.25, 0.3) is 5.78 Å². The Labute approximate surface area is 163 Å². The lowest BCUT2D eigenvalue weighted by Gasteiger charge is -2.25. The maximum Gasteiger partial charge on any atom is 0.252 e. The molecule has 0 saturated carbocycles. The number of aryl methyl sites for hydroxylation is 2. The molecule has 4 heterocycles. The number of hydrogen-bond donors (Lipinski definition) is 0. The van der Waals surface area contributed by atoms with Crippen molar-refractivity contribution in [2.75, 3.05) is 13.2 Å². The van der Waals surface area contributed by atoms with E-state index in [1.54, 1.807) is 15.6 Å². The number of carbonyl (C=O) groups excluding carboxylic acids is 1. The molecular weight excluding hydrogens is 356 g/mol. The highest BCUT2D eigenvalue weighted by atomic mass is 16.5. The molecule has 0 aromatic carbocycles. The summed E-state index contributed by atoms with van der Waals surface area (Å²) in [6.45, 7) is 5.63. The van der Waals surface area contributed by atoms with E-state index in [1.165, 1.54) is 0 Å². The minimum atomic E-state index is -0.0357. The molecule has 1 saturated heterocycles. The summed E-state index contributed by atoms with van der Waals surface area (Å²) in [6.07, 6.45) is 3.95. The summed E-state index contributed by atoms with van der Waals surface area (Å²) in [7, 11) is 0. The van der Waals surface area contributed by atoms with Crippen LogP contribution in [0.3, 0.4) is 0 Å². The van der Waals surface area contributed by atoms with Crippen molar-refractivity contribution in [3.8, 4) is 0 Å². The summed E-state index contributed by atoms with van der Waals surface area (Å²) in [5, 5.41) is 4.46. The summed E-state index contributed by atoms with van der Waals surface area (Å²) in [5.74, 6) is 0.965. The van der Waals surface area contributed by atoms with Crippen LogP contribution in [0.2, 0.25) is 0 Å². The van der Waals surface area contributed by atoms with E-state index in [-0.39, 0.29) is 18.4 Å². The maximum atomic E-state index is 13.1. The Hall–Kier alpha value is -2.87. The number of fused-ring (bicyclic) bond motifs is 1. The predicted molar refractivity (Wildman–Crippen MR) is 103 cm³/mol. The third kappa shape index (κ3) is 4.17. The molecule has 1 fully saturated rings. The first-order valence-electron chi connectivity index (χ1n) is 9.57. The topological polar surface area (TPSA) is 85.5 Å². The van der Waals surface area contributed by atoms with E-state index in [0.717, 1.165) is 36.5 Å². The first kappa shape index (κ1) is 18.5. The number of ether oxygens (including phenoxy) is 1. The Morgan fingerprint density at radius 3 is 2.96 bits per heavy atom. The van der Waals surface area contributed by atoms with E-state index >= 15 is 0 Å². The molecule has 0 bridgehead atoms. The number of rotatable bonds is 6. The Kier molecular flexibility index (Phi) is 5.29. The Balaban J connectivity index is 1.53. The molecule has 0 aliphatic carbocycles. The molecule has 0 N–H and O–H groups in total. The standard InChI is InChI=1S/C20H24N6O2/c1-14-10-15(2)26-20(22-14)23-18(24-26)11-19(27)25(13-17-7-5-9-28-17)12-16-6-3-4-8-21-16/h3-4,6,8,10,17H,5,7,9,11-13H2,1-2H3. The van der Waals surface area contributed by atoms with Gasteiger partial charge in [0.15, 0.2) is 5.82 Å². The summed E-state index contributed by atoms with van der Waals surface area (Å²) in [6, 6.07) is 7.66. The van der Waals surface area contributed by atoms with Gasteiger partial charge >= 0.3 is 0 Å². The van der Waals surface area contributed by atoms with E-state index in [0.29, 0.717) is 24.7 Å². The van der Waals surface area contributed by atoms with Crippen molar-refractivity contribution in [1.82, 2.24) is 29.5 Å². The molecule has 146 valence electrons. The quantitative estimate of drug-likeness (QED) is 0.649. The van der Waals surface area contributed by atoms with Crippen LogP contribution in [-0.4, -0.2) is 54.6 Å². The molecule has 0 radical (unpaired) electrons. The number of pyridine rings is 1. The molecule has 28 heavy (non-hydrogen) atoms. The molecular formula is C20H24N6O2. The Bertz CT molecular complexity index is 965. The normalized spacial score (nSPS) is 16.6. The third-order valence-corrected chi connectivity index (χ3v) is 4.85. The molecule has 4 rings (SSSR count). The highest BCUT2D eigenvalue weighted by Gasteiger charge is 2.24. The van der Waals surface area contributed by atoms with Crippen molar-refractivity contribution >= 4 is 11.7 Å². The van der Waals surface area contributed by atoms with Crippen molar-refractivity contribution in [1.29, 1.82) is 0 Å². The fourth-order valence-corrected chi connectivity index (χ4v) is 3.51. The maximum absolute atomic E-state index is 13.1. The summed E-state index contributed by atoms with van der Waals surface area (Å²) < 4.78 is 7.42. The van der Waals surface area contributed by atoms with Gasteiger partial charge in [0.05, 0.1) is 24.8 Å². The molecule has 1 amide bonds. The zero-order valence-corrected chi connectivity index (χ0v) is 16.2. The van der Waals surface area contributed by atoms with Crippen LogP contribution in [0.15, 0.2) is 30.5 Å². The van der Waals surface area contributed by atoms with Gasteiger partial charge in [-0.15, -0.1) is 5.10 Å². The Morgan fingerprint density at radius 2 is 2.21 bits per heavy atom. The molecule has 1 aliphatic heterocycles. The van der Waals surface area contributed by atoms with Gasteiger partial charge in [-0.25, -0.2) is 9.50 Å². The molecule has 3 aromatic heterocycles. The van der Waals surface area contributed by atoms with E-state index in [1.807, 2.05) is 38.1 Å². The highest BCUT2D eigenvalue weighted by molar-refractivity contribution is 5.78. The molecule has 1 atom stereocenters. The van der Waals surface area contributed by atoms with Crippen LogP contribution in [0.1, 0.15) is 35.7 Å². The fraction of sp³-hybridized carbons (Fsp3) is 0.450. The zero-order valence-electron chi connectivity index (χ0n) is 16.2. The molecule has 1 aliphatic rings. The van der Waals surface area contributed by atoms with E-state index in [2.05, 4.69) is 20.1 Å². The largest absolute Gasteiger partial charge is 0.376 e. The van der Waals surface area contributed by atoms with Crippen molar-refractivity contribution < 1.29 is 9.53 Å². The number of carbonyl (C=O) groups is 1. The molecule has 8 heteroatoms. The van der Waals surface area contributed by atoms with Gasteiger partial charge in [-0.3, -0.25) is 9.78 Å². The molecule has 3 aromatic rings. The Morgan fingerprint density at radius 1 is 1.32 bits per heavy atom. The van der Waals surface area contributed by atoms with Crippen LogP contribution in [0.25, 0.3) is 5.78 Å². The average molecular weight is 380 g/mol. The lowest BCUT2D eigenvalue weighted by atomic mass is 10.2. The first-order valence-corrected chi connectivity index (χ1v) is 9.57. The second-order valence-corrected chi connectivity index (χ2v) is 7.19. The summed E-state index contributed by atoms with van der Waals surface area (Å²) >= 11 is 0. The van der Waals surface area contributed by atoms with Gasteiger partial charge in [0, 0.05) is 30.7 Å². The van der Waals surface area contributed by atoms with Crippen LogP contribution < -0.4 is 0 Å². The predicted octanol–water partition coefficient (Wildman–Crippen LogP) is 1.89. The van der Waals surface area contributed by atoms with Crippen molar-refractivity contribution in [3.05, 3.63) is 53.4 Å². The second kappa shape index (κ2) is 8.02. The van der Waals surface area contributed by atoms with Gasteiger partial charge in [-0.1, -0.05) is 6.07 Å². The zero-order chi connectivity index (χ0) is 19.5. The average Bonchev–Trinajstić information content (AvgIpc) is 3.31. The van der Waals surface area contributed by atoms with Crippen LogP contribution in [0, 0.1) is 13.8 Å². The van der Waals surface area contributed by atoms with Crippen LogP contribution in [0.5, 0.6) is 0 Å². The lowest BCUT2D eigenvalue weighted by Crippen LogP contribution is -2.38. The van der Waals surface area contributed by atoms with E-state index in [4.69, 9.17) is 4.74 Å². The summed E-state index contributed by atoms with van der Waals surface area (Å²) in [4.78, 5) is 28.1. The van der Waals surface area contributed by atoms with Gasteiger partial charge < -0.3 is 9.64 Å². The molecule has 0 spiro atoms. The van der Waals surface area contributed by atoms with Crippen LogP contribution >= 0.6 is 0 Å². The minimum Gasteiger partial charge on any atom is -0.376 e. The van der Waals surface area contributed by atoms with Gasteiger partial charge in [0.1, 0.15) is 0 Å². The van der Waals surface area contributed by atoms with Crippen LogP contribution in [-0.2, 0) is 22.5 Å². The van der Waals surface area contributed by atoms with E-state index < -0.39 is 0 Å². The lowest BCUT2D eigenvalue weighted by molar-refractivity contribution is -0.132. The number of aromatic nitrogens is 5. The van der Waals surface area contributed by atoms with Crippen molar-refractivity contribution in [2.24, 2.45) is 0 Å². The van der Waals surface area contributed by atoms with Gasteiger partial charge in [-0.2, -0.15) is 4.98 Å².